The minimum absolute atomic E-state index is 0.331. The van der Waals surface area contributed by atoms with E-state index in [9.17, 15) is 13.6 Å². The van der Waals surface area contributed by atoms with Crippen molar-refractivity contribution in [2.75, 3.05) is 0 Å². The summed E-state index contributed by atoms with van der Waals surface area (Å²) in [6.07, 6.45) is 4.46. The average molecular weight is 205 g/mol. The molecule has 0 N–H and O–H groups in total. The van der Waals surface area contributed by atoms with E-state index in [0.29, 0.717) is 5.57 Å². The molecule has 0 heterocycles. The molecular formula is C8H13O4S-. The van der Waals surface area contributed by atoms with Crippen LogP contribution < -0.4 is 0 Å². The highest BCUT2D eigenvalue weighted by Crippen LogP contribution is 2.03. The van der Waals surface area contributed by atoms with Gasteiger partial charge in [0.25, 0.3) is 0 Å². The topological polar surface area (TPSA) is 66.4 Å². The first kappa shape index (κ1) is 12.3. The maximum Gasteiger partial charge on any atom is 0.346 e. The second kappa shape index (κ2) is 6.80. The van der Waals surface area contributed by atoms with E-state index >= 15 is 0 Å². The molecule has 0 aromatic rings. The van der Waals surface area contributed by atoms with E-state index in [1.807, 2.05) is 6.92 Å². The van der Waals surface area contributed by atoms with Crippen LogP contribution in [0.4, 0.5) is 0 Å². The first-order chi connectivity index (χ1) is 6.07. The molecule has 0 amide bonds. The van der Waals surface area contributed by atoms with Gasteiger partial charge in [0.05, 0.1) is 0 Å². The van der Waals surface area contributed by atoms with Crippen molar-refractivity contribution in [1.82, 2.24) is 0 Å². The molecule has 0 aromatic heterocycles. The van der Waals surface area contributed by atoms with E-state index in [4.69, 9.17) is 0 Å². The normalized spacial score (nSPS) is 13.9. The molecule has 1 unspecified atom stereocenters. The summed E-state index contributed by atoms with van der Waals surface area (Å²) >= 11 is -2.76. The Hall–Kier alpha value is -0.680. The number of carbonyl (C=O) groups excluding carboxylic acids is 1. The van der Waals surface area contributed by atoms with Gasteiger partial charge in [-0.3, -0.25) is 0 Å². The highest BCUT2D eigenvalue weighted by Gasteiger charge is 2.04. The van der Waals surface area contributed by atoms with Gasteiger partial charge in [0, 0.05) is 5.57 Å². The number of unbranched alkanes of at least 4 members (excludes halogenated alkanes) is 2. The molecule has 5 heteroatoms. The van der Waals surface area contributed by atoms with Crippen LogP contribution in [0.15, 0.2) is 11.6 Å². The molecule has 0 radical (unpaired) electrons. The van der Waals surface area contributed by atoms with Gasteiger partial charge in [0.15, 0.2) is 0 Å². The van der Waals surface area contributed by atoms with Gasteiger partial charge in [-0.15, -0.1) is 0 Å². The summed E-state index contributed by atoms with van der Waals surface area (Å²) in [4.78, 5) is 10.9. The minimum atomic E-state index is -2.76. The van der Waals surface area contributed by atoms with Gasteiger partial charge in [0.2, 0.25) is 0 Å². The van der Waals surface area contributed by atoms with E-state index < -0.39 is 17.3 Å². The Labute approximate surface area is 80.5 Å². The third-order valence-electron chi connectivity index (χ3n) is 1.47. The van der Waals surface area contributed by atoms with Crippen molar-refractivity contribution in [3.63, 3.8) is 0 Å². The largest absolute Gasteiger partial charge is 0.740 e. The Kier molecular flexibility index (Phi) is 6.44. The zero-order chi connectivity index (χ0) is 10.3. The summed E-state index contributed by atoms with van der Waals surface area (Å²) in [5, 5.41) is 0. The van der Waals surface area contributed by atoms with Gasteiger partial charge in [-0.2, -0.15) is 0 Å². The highest BCUT2D eigenvalue weighted by atomic mass is 32.2. The molecule has 4 nitrogen and oxygen atoms in total. The van der Waals surface area contributed by atoms with Crippen LogP contribution >= 0.6 is 0 Å². The Bertz CT molecular complexity index is 222. The molecule has 0 aromatic carbocycles. The Morgan fingerprint density at radius 3 is 2.69 bits per heavy atom. The zero-order valence-electron chi connectivity index (χ0n) is 7.74. The second-order valence-corrected chi connectivity index (χ2v) is 3.18. The summed E-state index contributed by atoms with van der Waals surface area (Å²) in [5.74, 6) is -0.801. The average Bonchev–Trinajstić information content (AvgIpc) is 2.03. The van der Waals surface area contributed by atoms with E-state index in [1.54, 1.807) is 6.08 Å². The third kappa shape index (κ3) is 6.48. The molecule has 0 aliphatic rings. The smallest absolute Gasteiger partial charge is 0.346 e. The summed E-state index contributed by atoms with van der Waals surface area (Å²) in [7, 11) is 0. The van der Waals surface area contributed by atoms with Crippen molar-refractivity contribution in [1.29, 1.82) is 0 Å². The number of allylic oxidation sites excluding steroid dienone is 1. The van der Waals surface area contributed by atoms with Crippen molar-refractivity contribution in [2.24, 2.45) is 0 Å². The molecule has 0 fully saturated rings. The van der Waals surface area contributed by atoms with E-state index in [1.165, 1.54) is 6.92 Å². The quantitative estimate of drug-likeness (QED) is 0.387. The lowest BCUT2D eigenvalue weighted by molar-refractivity contribution is -0.129. The van der Waals surface area contributed by atoms with E-state index in [0.717, 1.165) is 19.3 Å². The lowest BCUT2D eigenvalue weighted by atomic mass is 10.2. The molecule has 0 aliphatic heterocycles. The molecule has 0 saturated heterocycles. The van der Waals surface area contributed by atoms with Gasteiger partial charge in [-0.1, -0.05) is 25.8 Å². The zero-order valence-corrected chi connectivity index (χ0v) is 8.56. The minimum Gasteiger partial charge on any atom is -0.740 e. The van der Waals surface area contributed by atoms with E-state index in [2.05, 4.69) is 4.18 Å². The van der Waals surface area contributed by atoms with Crippen molar-refractivity contribution >= 4 is 17.3 Å². The van der Waals surface area contributed by atoms with Crippen LogP contribution in [0.5, 0.6) is 0 Å². The van der Waals surface area contributed by atoms with Crippen LogP contribution in [0, 0.1) is 0 Å². The van der Waals surface area contributed by atoms with Gasteiger partial charge in [-0.25, -0.2) is 9.00 Å². The molecule has 0 rings (SSSR count). The van der Waals surface area contributed by atoms with Crippen molar-refractivity contribution in [3.05, 3.63) is 11.6 Å². The van der Waals surface area contributed by atoms with Crippen LogP contribution in [0.1, 0.15) is 33.1 Å². The maximum atomic E-state index is 10.9. The van der Waals surface area contributed by atoms with Crippen LogP contribution in [0.3, 0.4) is 0 Å². The fourth-order valence-electron chi connectivity index (χ4n) is 0.734. The molecule has 1 atom stereocenters. The Morgan fingerprint density at radius 1 is 1.62 bits per heavy atom. The lowest BCUT2D eigenvalue weighted by Crippen LogP contribution is -2.07. The Morgan fingerprint density at radius 2 is 2.23 bits per heavy atom. The monoisotopic (exact) mass is 205 g/mol. The number of hydrogen-bond donors (Lipinski definition) is 0. The summed E-state index contributed by atoms with van der Waals surface area (Å²) < 4.78 is 23.9. The van der Waals surface area contributed by atoms with Gasteiger partial charge >= 0.3 is 5.97 Å². The van der Waals surface area contributed by atoms with Crippen molar-refractivity contribution in [3.8, 4) is 0 Å². The molecule has 0 saturated carbocycles. The molecule has 0 spiro atoms. The number of carbonyl (C=O) groups is 1. The summed E-state index contributed by atoms with van der Waals surface area (Å²) in [6, 6.07) is 0. The molecule has 76 valence electrons. The van der Waals surface area contributed by atoms with Gasteiger partial charge < -0.3 is 8.74 Å². The SMILES string of the molecule is CCCCC=C(C)C(=O)OS(=O)[O-]. The first-order valence-corrected chi connectivity index (χ1v) is 5.06. The van der Waals surface area contributed by atoms with Gasteiger partial charge in [0.1, 0.15) is 11.4 Å². The number of rotatable bonds is 5. The molecular weight excluding hydrogens is 192 g/mol. The Balaban J connectivity index is 3.93. The highest BCUT2D eigenvalue weighted by molar-refractivity contribution is 7.74. The molecule has 13 heavy (non-hydrogen) atoms. The first-order valence-electron chi connectivity index (χ1n) is 4.06. The van der Waals surface area contributed by atoms with Crippen LogP contribution in [0.25, 0.3) is 0 Å². The second-order valence-electron chi connectivity index (χ2n) is 2.60. The fourth-order valence-corrected chi connectivity index (χ4v) is 0.989. The van der Waals surface area contributed by atoms with Crippen LogP contribution in [0.2, 0.25) is 0 Å². The predicted octanol–water partition coefficient (Wildman–Crippen LogP) is 1.46. The van der Waals surface area contributed by atoms with Gasteiger partial charge in [-0.05, 0) is 13.3 Å². The maximum absolute atomic E-state index is 10.9. The van der Waals surface area contributed by atoms with Crippen molar-refractivity contribution < 1.29 is 17.7 Å². The molecule has 0 bridgehead atoms. The predicted molar refractivity (Wildman–Crippen MR) is 48.3 cm³/mol. The summed E-state index contributed by atoms with van der Waals surface area (Å²) in [5.41, 5.74) is 0.331. The fraction of sp³-hybridized carbons (Fsp3) is 0.625. The van der Waals surface area contributed by atoms with Crippen molar-refractivity contribution in [2.45, 2.75) is 33.1 Å². The lowest BCUT2D eigenvalue weighted by Gasteiger charge is -2.04. The third-order valence-corrected chi connectivity index (χ3v) is 1.76. The standard InChI is InChI=1S/C8H14O4S/c1-3-4-5-6-7(2)8(9)12-13(10)11/h6H,3-5H2,1-2H3,(H,10,11)/p-1. The van der Waals surface area contributed by atoms with Crippen LogP contribution in [-0.2, 0) is 20.3 Å². The van der Waals surface area contributed by atoms with Crippen LogP contribution in [-0.4, -0.2) is 14.7 Å². The summed E-state index contributed by atoms with van der Waals surface area (Å²) in [6.45, 7) is 3.57. The number of hydrogen-bond acceptors (Lipinski definition) is 4. The van der Waals surface area contributed by atoms with E-state index in [-0.39, 0.29) is 0 Å². The molecule has 0 aliphatic carbocycles.